The number of hydrogen-bond acceptors (Lipinski definition) is 2. The van der Waals surface area contributed by atoms with Crippen molar-refractivity contribution in [3.05, 3.63) is 36.4 Å². The minimum absolute atomic E-state index is 0.485. The third kappa shape index (κ3) is 2.41. The van der Waals surface area contributed by atoms with Gasteiger partial charge in [-0.15, -0.1) is 6.42 Å². The van der Waals surface area contributed by atoms with Gasteiger partial charge in [0.15, 0.2) is 11.6 Å². The van der Waals surface area contributed by atoms with Crippen molar-refractivity contribution in [1.82, 2.24) is 9.55 Å². The second kappa shape index (κ2) is 4.94. The van der Waals surface area contributed by atoms with Gasteiger partial charge in [-0.25, -0.2) is 4.98 Å². The topological polar surface area (TPSA) is 31.0 Å². The molecule has 0 atom stereocenters. The largest absolute Gasteiger partial charge is 0.463 e. The van der Waals surface area contributed by atoms with Crippen molar-refractivity contribution in [2.45, 2.75) is 26.2 Å². The fraction of sp³-hybridized carbons (Fsp3) is 0.235. The molecule has 21 heavy (non-hydrogen) atoms. The average Bonchev–Trinajstić information content (AvgIpc) is 3.03. The maximum absolute atomic E-state index is 6.06. The van der Waals surface area contributed by atoms with Crippen molar-refractivity contribution in [2.75, 3.05) is 0 Å². The molecule has 0 unspecified atom stereocenters. The molecule has 0 amide bonds. The summed E-state index contributed by atoms with van der Waals surface area (Å²) in [5.41, 5.74) is 1.98. The molecule has 0 bridgehead atoms. The predicted molar refractivity (Wildman–Crippen MR) is 89.2 cm³/mol. The Morgan fingerprint density at radius 1 is 1.19 bits per heavy atom. The molecule has 2 aromatic heterocycles. The summed E-state index contributed by atoms with van der Waals surface area (Å²) < 4.78 is 8.09. The highest BCUT2D eigenvalue weighted by molar-refractivity contribution is 6.87. The van der Waals surface area contributed by atoms with Gasteiger partial charge in [0.2, 0.25) is 0 Å². The Kier molecular flexibility index (Phi) is 3.23. The number of imidazole rings is 1. The minimum Gasteiger partial charge on any atom is -0.463 e. The third-order valence-electron chi connectivity index (χ3n) is 3.47. The monoisotopic (exact) mass is 294 g/mol. The van der Waals surface area contributed by atoms with E-state index in [1.165, 1.54) is 0 Å². The molecule has 2 heterocycles. The fourth-order valence-electron chi connectivity index (χ4n) is 2.38. The molecule has 3 rings (SSSR count). The Morgan fingerprint density at radius 2 is 1.95 bits per heavy atom. The molecule has 0 saturated heterocycles. The summed E-state index contributed by atoms with van der Waals surface area (Å²) in [5.74, 6) is 4.29. The van der Waals surface area contributed by atoms with Crippen LogP contribution in [0.15, 0.2) is 40.8 Å². The molecule has 0 aliphatic rings. The number of aromatic nitrogens is 2. The van der Waals surface area contributed by atoms with E-state index in [1.54, 1.807) is 0 Å². The summed E-state index contributed by atoms with van der Waals surface area (Å²) in [6, 6.07) is 12.1. The Bertz CT molecular complexity index is 830. The number of rotatable bonds is 3. The van der Waals surface area contributed by atoms with Crippen LogP contribution in [0.4, 0.5) is 0 Å². The lowest BCUT2D eigenvalue weighted by molar-refractivity contribution is 0.602. The summed E-state index contributed by atoms with van der Waals surface area (Å²) in [6.07, 6.45) is 5.51. The SMILES string of the molecule is C#CCn1c(-c2ccc([Si](C)(C)C)o2)nc2ccccc21. The first-order valence-electron chi connectivity index (χ1n) is 7.00. The lowest BCUT2D eigenvalue weighted by atomic mass is 10.3. The maximum atomic E-state index is 6.06. The molecule has 0 aliphatic heterocycles. The smallest absolute Gasteiger partial charge is 0.178 e. The van der Waals surface area contributed by atoms with Gasteiger partial charge in [0, 0.05) is 0 Å². The number of furan rings is 1. The number of para-hydroxylation sites is 2. The summed E-state index contributed by atoms with van der Waals surface area (Å²) in [7, 11) is -1.46. The fourth-order valence-corrected chi connectivity index (χ4v) is 3.38. The van der Waals surface area contributed by atoms with Crippen LogP contribution in [0.25, 0.3) is 22.6 Å². The maximum Gasteiger partial charge on any atom is 0.178 e. The Balaban J connectivity index is 2.18. The second-order valence-corrected chi connectivity index (χ2v) is 11.1. The number of nitrogens with zero attached hydrogens (tertiary/aromatic N) is 2. The van der Waals surface area contributed by atoms with E-state index in [9.17, 15) is 0 Å². The van der Waals surface area contributed by atoms with Crippen LogP contribution in [0.5, 0.6) is 0 Å². The van der Waals surface area contributed by atoms with Crippen molar-refractivity contribution in [1.29, 1.82) is 0 Å². The van der Waals surface area contributed by atoms with Crippen LogP contribution in [-0.2, 0) is 6.54 Å². The van der Waals surface area contributed by atoms with E-state index in [1.807, 2.05) is 34.9 Å². The van der Waals surface area contributed by atoms with Gasteiger partial charge in [-0.2, -0.15) is 0 Å². The first-order chi connectivity index (χ1) is 10.0. The average molecular weight is 294 g/mol. The molecular formula is C17H18N2OSi. The molecule has 3 aromatic rings. The van der Waals surface area contributed by atoms with Gasteiger partial charge in [0.1, 0.15) is 8.07 Å². The van der Waals surface area contributed by atoms with Gasteiger partial charge in [0.05, 0.1) is 23.0 Å². The first-order valence-corrected chi connectivity index (χ1v) is 10.5. The Labute approximate surface area is 125 Å². The minimum atomic E-state index is -1.46. The van der Waals surface area contributed by atoms with E-state index >= 15 is 0 Å². The van der Waals surface area contributed by atoms with Crippen LogP contribution in [0, 0.1) is 12.3 Å². The molecule has 0 N–H and O–H groups in total. The molecule has 0 fully saturated rings. The third-order valence-corrected chi connectivity index (χ3v) is 5.22. The number of fused-ring (bicyclic) bond motifs is 1. The van der Waals surface area contributed by atoms with Crippen LogP contribution in [0.2, 0.25) is 19.6 Å². The van der Waals surface area contributed by atoms with E-state index in [2.05, 4.69) is 36.6 Å². The molecule has 0 radical (unpaired) electrons. The zero-order chi connectivity index (χ0) is 15.0. The van der Waals surface area contributed by atoms with E-state index in [4.69, 9.17) is 10.8 Å². The van der Waals surface area contributed by atoms with Gasteiger partial charge < -0.3 is 8.98 Å². The first kappa shape index (κ1) is 13.7. The number of hydrogen-bond donors (Lipinski definition) is 0. The van der Waals surface area contributed by atoms with Crippen molar-refractivity contribution in [2.24, 2.45) is 0 Å². The number of benzene rings is 1. The van der Waals surface area contributed by atoms with E-state index in [0.717, 1.165) is 28.0 Å². The van der Waals surface area contributed by atoms with E-state index < -0.39 is 8.07 Å². The van der Waals surface area contributed by atoms with E-state index in [0.29, 0.717) is 6.54 Å². The van der Waals surface area contributed by atoms with Gasteiger partial charge in [-0.05, 0) is 24.3 Å². The van der Waals surface area contributed by atoms with Crippen molar-refractivity contribution < 1.29 is 4.42 Å². The van der Waals surface area contributed by atoms with Crippen LogP contribution in [0.1, 0.15) is 0 Å². The number of terminal acetylenes is 1. The molecule has 0 spiro atoms. The lowest BCUT2D eigenvalue weighted by Gasteiger charge is -2.11. The molecule has 4 heteroatoms. The highest BCUT2D eigenvalue weighted by Gasteiger charge is 2.23. The summed E-state index contributed by atoms with van der Waals surface area (Å²) in [6.45, 7) is 7.28. The zero-order valence-electron chi connectivity index (χ0n) is 12.6. The van der Waals surface area contributed by atoms with E-state index in [-0.39, 0.29) is 0 Å². The second-order valence-electron chi connectivity index (χ2n) is 6.13. The Hall–Kier alpha value is -2.25. The van der Waals surface area contributed by atoms with Crippen LogP contribution >= 0.6 is 0 Å². The van der Waals surface area contributed by atoms with Crippen LogP contribution in [0.3, 0.4) is 0 Å². The summed E-state index contributed by atoms with van der Waals surface area (Å²) in [5, 5.41) is 1.08. The quantitative estimate of drug-likeness (QED) is 0.547. The molecule has 0 saturated carbocycles. The highest BCUT2D eigenvalue weighted by Crippen LogP contribution is 2.25. The van der Waals surface area contributed by atoms with Gasteiger partial charge in [0.25, 0.3) is 0 Å². The van der Waals surface area contributed by atoms with Crippen LogP contribution in [-0.4, -0.2) is 17.6 Å². The van der Waals surface area contributed by atoms with Gasteiger partial charge >= 0.3 is 0 Å². The van der Waals surface area contributed by atoms with Gasteiger partial charge in [-0.3, -0.25) is 0 Å². The van der Waals surface area contributed by atoms with Crippen molar-refractivity contribution in [3.8, 4) is 23.9 Å². The zero-order valence-corrected chi connectivity index (χ0v) is 13.6. The predicted octanol–water partition coefficient (Wildman–Crippen LogP) is 3.47. The van der Waals surface area contributed by atoms with Crippen LogP contribution < -0.4 is 5.38 Å². The highest BCUT2D eigenvalue weighted by atomic mass is 28.3. The Morgan fingerprint density at radius 3 is 2.62 bits per heavy atom. The molecule has 0 aliphatic carbocycles. The van der Waals surface area contributed by atoms with Gasteiger partial charge in [-0.1, -0.05) is 37.7 Å². The standard InChI is InChI=1S/C17H18N2OSi/c1-5-12-19-14-9-7-6-8-13(14)18-17(19)15-10-11-16(20-15)21(2,3)4/h1,6-11H,12H2,2-4H3. The molecule has 106 valence electrons. The molecular weight excluding hydrogens is 276 g/mol. The summed E-state index contributed by atoms with van der Waals surface area (Å²) in [4.78, 5) is 4.69. The van der Waals surface area contributed by atoms with Crippen molar-refractivity contribution >= 4 is 24.5 Å². The molecule has 3 nitrogen and oxygen atoms in total. The molecule has 1 aromatic carbocycles. The van der Waals surface area contributed by atoms with Crippen molar-refractivity contribution in [3.63, 3.8) is 0 Å². The summed E-state index contributed by atoms with van der Waals surface area (Å²) >= 11 is 0. The lowest BCUT2D eigenvalue weighted by Crippen LogP contribution is -2.36. The normalized spacial score (nSPS) is 11.7.